The monoisotopic (exact) mass is 245 g/mol. The lowest BCUT2D eigenvalue weighted by Crippen LogP contribution is -2.07. The summed E-state index contributed by atoms with van der Waals surface area (Å²) in [7, 11) is 4.06. The number of nitrogens with zero attached hydrogens (tertiary/aromatic N) is 2. The van der Waals surface area contributed by atoms with E-state index in [0.717, 1.165) is 11.3 Å². The lowest BCUT2D eigenvalue weighted by Gasteiger charge is -2.11. The van der Waals surface area contributed by atoms with E-state index in [9.17, 15) is 0 Å². The molecule has 0 fully saturated rings. The van der Waals surface area contributed by atoms with Crippen molar-refractivity contribution < 1.29 is 0 Å². The predicted molar refractivity (Wildman–Crippen MR) is 76.2 cm³/mol. The summed E-state index contributed by atoms with van der Waals surface area (Å²) in [6.45, 7) is 0. The van der Waals surface area contributed by atoms with Gasteiger partial charge in [0.15, 0.2) is 5.13 Å². The molecule has 2 N–H and O–H groups in total. The van der Waals surface area contributed by atoms with Gasteiger partial charge < -0.3 is 10.6 Å². The first-order valence-electron chi connectivity index (χ1n) is 5.31. The average Bonchev–Trinajstić information content (AvgIpc) is 2.73. The fraction of sp³-hybridized carbons (Fsp3) is 0.154. The second kappa shape index (κ2) is 5.01. The Kier molecular flexibility index (Phi) is 3.44. The first kappa shape index (κ1) is 11.7. The molecule has 0 amide bonds. The van der Waals surface area contributed by atoms with Crippen molar-refractivity contribution >= 4 is 34.3 Å². The number of rotatable bonds is 3. The quantitative estimate of drug-likeness (QED) is 0.904. The standard InChI is InChI=1S/C13H15N3S/c1-16(2)12-7-4-10(5-8-12)3-6-11-9-17-13(14)15-11/h3-9H,1-2H3,(H2,14,15). The van der Waals surface area contributed by atoms with Crippen molar-refractivity contribution in [3.05, 3.63) is 40.9 Å². The minimum absolute atomic E-state index is 0.604. The summed E-state index contributed by atoms with van der Waals surface area (Å²) in [5.74, 6) is 0. The van der Waals surface area contributed by atoms with Crippen molar-refractivity contribution in [1.29, 1.82) is 0 Å². The Morgan fingerprint density at radius 3 is 2.41 bits per heavy atom. The van der Waals surface area contributed by atoms with E-state index in [-0.39, 0.29) is 0 Å². The first-order valence-corrected chi connectivity index (χ1v) is 6.19. The van der Waals surface area contributed by atoms with E-state index >= 15 is 0 Å². The lowest BCUT2D eigenvalue weighted by atomic mass is 10.2. The number of benzene rings is 1. The predicted octanol–water partition coefficient (Wildman–Crippen LogP) is 2.96. The van der Waals surface area contributed by atoms with E-state index in [2.05, 4.69) is 34.1 Å². The van der Waals surface area contributed by atoms with Gasteiger partial charge in [0.2, 0.25) is 0 Å². The molecule has 0 aliphatic carbocycles. The SMILES string of the molecule is CN(C)c1ccc(C=Cc2csc(N)n2)cc1. The Morgan fingerprint density at radius 1 is 1.18 bits per heavy atom. The summed E-state index contributed by atoms with van der Waals surface area (Å²) in [6, 6.07) is 8.35. The summed E-state index contributed by atoms with van der Waals surface area (Å²) in [5.41, 5.74) is 8.82. The highest BCUT2D eigenvalue weighted by Gasteiger charge is 1.95. The van der Waals surface area contributed by atoms with E-state index in [1.54, 1.807) is 0 Å². The molecule has 88 valence electrons. The van der Waals surface area contributed by atoms with Crippen molar-refractivity contribution in [3.63, 3.8) is 0 Å². The van der Waals surface area contributed by atoms with Gasteiger partial charge in [-0.1, -0.05) is 18.2 Å². The van der Waals surface area contributed by atoms with Gasteiger partial charge >= 0.3 is 0 Å². The third kappa shape index (κ3) is 3.07. The van der Waals surface area contributed by atoms with E-state index in [0.29, 0.717) is 5.13 Å². The molecule has 1 heterocycles. The third-order valence-corrected chi connectivity index (χ3v) is 3.09. The molecule has 1 aromatic carbocycles. The van der Waals surface area contributed by atoms with Crippen LogP contribution >= 0.6 is 11.3 Å². The van der Waals surface area contributed by atoms with Gasteiger partial charge in [-0.3, -0.25) is 0 Å². The number of thiazole rings is 1. The smallest absolute Gasteiger partial charge is 0.180 e. The molecule has 0 unspecified atom stereocenters. The van der Waals surface area contributed by atoms with Gasteiger partial charge in [-0.25, -0.2) is 4.98 Å². The first-order chi connectivity index (χ1) is 8.15. The Balaban J connectivity index is 2.11. The van der Waals surface area contributed by atoms with Crippen LogP contribution in [0.1, 0.15) is 11.3 Å². The molecule has 0 aliphatic rings. The van der Waals surface area contributed by atoms with Crippen LogP contribution in [0.25, 0.3) is 12.2 Å². The van der Waals surface area contributed by atoms with Crippen molar-refractivity contribution in [3.8, 4) is 0 Å². The molecule has 4 heteroatoms. The molecular formula is C13H15N3S. The summed E-state index contributed by atoms with van der Waals surface area (Å²) in [4.78, 5) is 6.25. The number of anilines is 2. The lowest BCUT2D eigenvalue weighted by molar-refractivity contribution is 1.13. The van der Waals surface area contributed by atoms with Gasteiger partial charge in [-0.05, 0) is 23.8 Å². The Bertz CT molecular complexity index is 512. The topological polar surface area (TPSA) is 42.1 Å². The number of aromatic nitrogens is 1. The van der Waals surface area contributed by atoms with Crippen LogP contribution in [0.3, 0.4) is 0 Å². The number of nitrogen functional groups attached to an aromatic ring is 1. The van der Waals surface area contributed by atoms with Crippen LogP contribution in [-0.4, -0.2) is 19.1 Å². The third-order valence-electron chi connectivity index (χ3n) is 2.40. The van der Waals surface area contributed by atoms with Crippen molar-refractivity contribution in [2.75, 3.05) is 24.7 Å². The molecule has 0 atom stereocenters. The van der Waals surface area contributed by atoms with Gasteiger partial charge in [0.05, 0.1) is 5.69 Å². The van der Waals surface area contributed by atoms with E-state index in [1.165, 1.54) is 17.0 Å². The van der Waals surface area contributed by atoms with Crippen LogP contribution in [0.5, 0.6) is 0 Å². The van der Waals surface area contributed by atoms with Crippen LogP contribution < -0.4 is 10.6 Å². The molecular weight excluding hydrogens is 230 g/mol. The van der Waals surface area contributed by atoms with Crippen LogP contribution in [0, 0.1) is 0 Å². The van der Waals surface area contributed by atoms with E-state index in [4.69, 9.17) is 5.73 Å². The van der Waals surface area contributed by atoms with E-state index in [1.807, 2.05) is 31.6 Å². The molecule has 17 heavy (non-hydrogen) atoms. The average molecular weight is 245 g/mol. The zero-order valence-electron chi connectivity index (χ0n) is 9.92. The molecule has 0 spiro atoms. The van der Waals surface area contributed by atoms with Crippen LogP contribution in [0.4, 0.5) is 10.8 Å². The minimum atomic E-state index is 0.604. The maximum absolute atomic E-state index is 5.57. The van der Waals surface area contributed by atoms with Gasteiger partial charge in [0.1, 0.15) is 0 Å². The summed E-state index contributed by atoms with van der Waals surface area (Å²) in [6.07, 6.45) is 4.01. The molecule has 0 saturated heterocycles. The summed E-state index contributed by atoms with van der Waals surface area (Å²) < 4.78 is 0. The molecule has 3 nitrogen and oxygen atoms in total. The highest BCUT2D eigenvalue weighted by molar-refractivity contribution is 7.13. The van der Waals surface area contributed by atoms with Gasteiger partial charge in [-0.2, -0.15) is 0 Å². The zero-order chi connectivity index (χ0) is 12.3. The molecule has 0 aliphatic heterocycles. The number of hydrogen-bond acceptors (Lipinski definition) is 4. The fourth-order valence-electron chi connectivity index (χ4n) is 1.44. The van der Waals surface area contributed by atoms with E-state index < -0.39 is 0 Å². The fourth-order valence-corrected chi connectivity index (χ4v) is 1.97. The molecule has 0 radical (unpaired) electrons. The highest BCUT2D eigenvalue weighted by atomic mass is 32.1. The second-order valence-corrected chi connectivity index (χ2v) is 4.82. The molecule has 0 saturated carbocycles. The Hall–Kier alpha value is -1.81. The van der Waals surface area contributed by atoms with Gasteiger partial charge in [0.25, 0.3) is 0 Å². The normalized spacial score (nSPS) is 10.9. The molecule has 2 rings (SSSR count). The second-order valence-electron chi connectivity index (χ2n) is 3.93. The van der Waals surface area contributed by atoms with Gasteiger partial charge in [0, 0.05) is 25.2 Å². The van der Waals surface area contributed by atoms with Gasteiger partial charge in [-0.15, -0.1) is 11.3 Å². The number of nitrogens with two attached hydrogens (primary N) is 1. The maximum atomic E-state index is 5.57. The zero-order valence-corrected chi connectivity index (χ0v) is 10.7. The molecule has 2 aromatic rings. The Labute approximate surface area is 105 Å². The summed E-state index contributed by atoms with van der Waals surface area (Å²) >= 11 is 1.45. The van der Waals surface area contributed by atoms with Crippen molar-refractivity contribution in [2.24, 2.45) is 0 Å². The minimum Gasteiger partial charge on any atom is -0.378 e. The largest absolute Gasteiger partial charge is 0.378 e. The molecule has 0 bridgehead atoms. The summed E-state index contributed by atoms with van der Waals surface area (Å²) in [5, 5.41) is 2.55. The van der Waals surface area contributed by atoms with Crippen LogP contribution in [0.15, 0.2) is 29.6 Å². The highest BCUT2D eigenvalue weighted by Crippen LogP contribution is 2.16. The Morgan fingerprint density at radius 2 is 1.88 bits per heavy atom. The van der Waals surface area contributed by atoms with Crippen molar-refractivity contribution in [1.82, 2.24) is 4.98 Å². The number of hydrogen-bond donors (Lipinski definition) is 1. The van der Waals surface area contributed by atoms with Crippen LogP contribution in [0.2, 0.25) is 0 Å². The van der Waals surface area contributed by atoms with Crippen molar-refractivity contribution in [2.45, 2.75) is 0 Å². The van der Waals surface area contributed by atoms with Crippen LogP contribution in [-0.2, 0) is 0 Å². The molecule has 1 aromatic heterocycles. The maximum Gasteiger partial charge on any atom is 0.180 e.